The number of azide groups is 1. The SMILES string of the molecule is [N-]=[N+]=N[C@H]1CO[C@H]2[C@@H]1OC[C@@H]2n1cc(-c2ccccc2)nn1. The molecule has 22 heavy (non-hydrogen) atoms. The van der Waals surface area contributed by atoms with Gasteiger partial charge in [-0.05, 0) is 5.53 Å². The fraction of sp³-hybridized carbons (Fsp3) is 0.429. The van der Waals surface area contributed by atoms with Crippen LogP contribution in [0.2, 0.25) is 0 Å². The first-order valence-electron chi connectivity index (χ1n) is 7.11. The molecule has 0 bridgehead atoms. The number of fused-ring (bicyclic) bond motifs is 1. The van der Waals surface area contributed by atoms with E-state index in [4.69, 9.17) is 15.0 Å². The van der Waals surface area contributed by atoms with E-state index in [0.717, 1.165) is 11.3 Å². The van der Waals surface area contributed by atoms with Crippen LogP contribution in [0.5, 0.6) is 0 Å². The van der Waals surface area contributed by atoms with Crippen LogP contribution in [0.25, 0.3) is 21.7 Å². The standard InChI is InChI=1S/C14H14N6O2/c15-18-16-11-7-21-14-12(8-22-13(11)14)20-6-10(17-19-20)9-4-2-1-3-5-9/h1-6,11-14H,7-8H2/t11-,12-,13+,14+/m0/s1. The summed E-state index contributed by atoms with van der Waals surface area (Å²) in [5.41, 5.74) is 10.4. The van der Waals surface area contributed by atoms with Crippen LogP contribution in [0, 0.1) is 0 Å². The Balaban J connectivity index is 1.57. The first-order chi connectivity index (χ1) is 10.9. The van der Waals surface area contributed by atoms with Crippen LogP contribution in [0.15, 0.2) is 41.6 Å². The Morgan fingerprint density at radius 1 is 1.18 bits per heavy atom. The molecule has 0 N–H and O–H groups in total. The summed E-state index contributed by atoms with van der Waals surface area (Å²) in [4.78, 5) is 2.85. The van der Waals surface area contributed by atoms with Gasteiger partial charge in [0.1, 0.15) is 17.8 Å². The zero-order valence-corrected chi connectivity index (χ0v) is 11.7. The first kappa shape index (κ1) is 13.3. The average molecular weight is 298 g/mol. The summed E-state index contributed by atoms with van der Waals surface area (Å²) in [7, 11) is 0. The average Bonchev–Trinajstić information content (AvgIpc) is 3.25. The molecule has 4 rings (SSSR count). The fourth-order valence-electron chi connectivity index (χ4n) is 3.03. The summed E-state index contributed by atoms with van der Waals surface area (Å²) in [5, 5.41) is 12.2. The molecule has 1 aromatic heterocycles. The van der Waals surface area contributed by atoms with Crippen molar-refractivity contribution in [2.45, 2.75) is 24.3 Å². The quantitative estimate of drug-likeness (QED) is 0.491. The molecular formula is C14H14N6O2. The van der Waals surface area contributed by atoms with E-state index in [1.54, 1.807) is 4.68 Å². The van der Waals surface area contributed by atoms with Crippen LogP contribution in [0.4, 0.5) is 0 Å². The minimum Gasteiger partial charge on any atom is -0.373 e. The number of ether oxygens (including phenoxy) is 2. The molecule has 0 unspecified atom stereocenters. The molecule has 0 radical (unpaired) electrons. The van der Waals surface area contributed by atoms with Crippen LogP contribution in [-0.4, -0.2) is 46.5 Å². The van der Waals surface area contributed by atoms with Gasteiger partial charge in [0, 0.05) is 10.5 Å². The Morgan fingerprint density at radius 2 is 2.00 bits per heavy atom. The molecule has 8 heteroatoms. The van der Waals surface area contributed by atoms with Gasteiger partial charge in [-0.25, -0.2) is 4.68 Å². The van der Waals surface area contributed by atoms with Crippen molar-refractivity contribution in [2.24, 2.45) is 5.11 Å². The summed E-state index contributed by atoms with van der Waals surface area (Å²) in [6, 6.07) is 9.57. The number of hydrogen-bond donors (Lipinski definition) is 0. The molecule has 0 amide bonds. The maximum atomic E-state index is 8.58. The maximum absolute atomic E-state index is 8.58. The van der Waals surface area contributed by atoms with Gasteiger partial charge in [-0.3, -0.25) is 0 Å². The van der Waals surface area contributed by atoms with Crippen molar-refractivity contribution in [3.05, 3.63) is 47.0 Å². The van der Waals surface area contributed by atoms with E-state index in [9.17, 15) is 0 Å². The summed E-state index contributed by atoms with van der Waals surface area (Å²) in [5.74, 6) is 0. The van der Waals surface area contributed by atoms with Crippen LogP contribution < -0.4 is 0 Å². The lowest BCUT2D eigenvalue weighted by atomic mass is 10.1. The van der Waals surface area contributed by atoms with Crippen LogP contribution in [0.3, 0.4) is 0 Å². The van der Waals surface area contributed by atoms with Crippen molar-refractivity contribution in [3.8, 4) is 11.3 Å². The number of rotatable bonds is 3. The normalized spacial score (nSPS) is 30.0. The van der Waals surface area contributed by atoms with Crippen molar-refractivity contribution < 1.29 is 9.47 Å². The molecule has 4 atom stereocenters. The van der Waals surface area contributed by atoms with Gasteiger partial charge in [-0.2, -0.15) is 0 Å². The van der Waals surface area contributed by atoms with Crippen molar-refractivity contribution in [1.82, 2.24) is 15.0 Å². The van der Waals surface area contributed by atoms with E-state index >= 15 is 0 Å². The summed E-state index contributed by atoms with van der Waals surface area (Å²) < 4.78 is 13.3. The lowest BCUT2D eigenvalue weighted by molar-refractivity contribution is 0.0627. The molecule has 3 heterocycles. The number of nitrogens with zero attached hydrogens (tertiary/aromatic N) is 6. The highest BCUT2D eigenvalue weighted by Gasteiger charge is 2.48. The molecular weight excluding hydrogens is 284 g/mol. The smallest absolute Gasteiger partial charge is 0.113 e. The highest BCUT2D eigenvalue weighted by Crippen LogP contribution is 2.35. The van der Waals surface area contributed by atoms with Gasteiger partial charge < -0.3 is 9.47 Å². The molecule has 2 fully saturated rings. The molecule has 8 nitrogen and oxygen atoms in total. The van der Waals surface area contributed by atoms with Crippen molar-refractivity contribution in [2.75, 3.05) is 13.2 Å². The van der Waals surface area contributed by atoms with Gasteiger partial charge in [0.15, 0.2) is 0 Å². The van der Waals surface area contributed by atoms with Gasteiger partial charge in [0.2, 0.25) is 0 Å². The zero-order chi connectivity index (χ0) is 14.9. The van der Waals surface area contributed by atoms with Gasteiger partial charge in [-0.1, -0.05) is 40.7 Å². The Kier molecular flexibility index (Phi) is 3.27. The lowest BCUT2D eigenvalue weighted by Gasteiger charge is -2.15. The predicted molar refractivity (Wildman–Crippen MR) is 76.9 cm³/mol. The number of benzene rings is 1. The summed E-state index contributed by atoms with van der Waals surface area (Å²) in [6.07, 6.45) is 1.54. The van der Waals surface area contributed by atoms with Crippen molar-refractivity contribution in [3.63, 3.8) is 0 Å². The monoisotopic (exact) mass is 298 g/mol. The largest absolute Gasteiger partial charge is 0.373 e. The minimum absolute atomic E-state index is 0.0474. The van der Waals surface area contributed by atoms with Crippen LogP contribution >= 0.6 is 0 Å². The predicted octanol–water partition coefficient (Wildman–Crippen LogP) is 1.96. The highest BCUT2D eigenvalue weighted by atomic mass is 16.6. The Hall–Kier alpha value is -2.41. The van der Waals surface area contributed by atoms with Gasteiger partial charge in [0.25, 0.3) is 0 Å². The molecule has 2 aliphatic rings. The van der Waals surface area contributed by atoms with Gasteiger partial charge >= 0.3 is 0 Å². The molecule has 2 aliphatic heterocycles. The molecule has 0 saturated carbocycles. The summed E-state index contributed by atoms with van der Waals surface area (Å²) in [6.45, 7) is 0.862. The van der Waals surface area contributed by atoms with E-state index in [-0.39, 0.29) is 24.3 Å². The van der Waals surface area contributed by atoms with E-state index in [2.05, 4.69) is 20.3 Å². The molecule has 1 aromatic carbocycles. The Labute approximate surface area is 126 Å². The topological polar surface area (TPSA) is 97.9 Å². The second-order valence-electron chi connectivity index (χ2n) is 5.39. The molecule has 112 valence electrons. The van der Waals surface area contributed by atoms with E-state index in [1.807, 2.05) is 36.5 Å². The zero-order valence-electron chi connectivity index (χ0n) is 11.7. The van der Waals surface area contributed by atoms with Crippen LogP contribution in [-0.2, 0) is 9.47 Å². The number of hydrogen-bond acceptors (Lipinski definition) is 5. The second kappa shape index (κ2) is 5.42. The van der Waals surface area contributed by atoms with Crippen LogP contribution in [0.1, 0.15) is 6.04 Å². The first-order valence-corrected chi connectivity index (χ1v) is 7.11. The fourth-order valence-corrected chi connectivity index (χ4v) is 3.03. The van der Waals surface area contributed by atoms with E-state index in [1.165, 1.54) is 0 Å². The molecule has 2 saturated heterocycles. The van der Waals surface area contributed by atoms with Crippen molar-refractivity contribution in [1.29, 1.82) is 0 Å². The molecule has 0 aliphatic carbocycles. The lowest BCUT2D eigenvalue weighted by Crippen LogP contribution is -2.29. The maximum Gasteiger partial charge on any atom is 0.113 e. The van der Waals surface area contributed by atoms with Gasteiger partial charge in [-0.15, -0.1) is 5.10 Å². The Morgan fingerprint density at radius 3 is 2.82 bits per heavy atom. The minimum atomic E-state index is -0.267. The van der Waals surface area contributed by atoms with Crippen molar-refractivity contribution >= 4 is 0 Å². The van der Waals surface area contributed by atoms with E-state index in [0.29, 0.717) is 13.2 Å². The number of aromatic nitrogens is 3. The molecule has 0 spiro atoms. The third-order valence-electron chi connectivity index (χ3n) is 4.12. The molecule has 2 aromatic rings. The third-order valence-corrected chi connectivity index (χ3v) is 4.12. The Bertz CT molecular complexity index is 711. The van der Waals surface area contributed by atoms with Gasteiger partial charge in [0.05, 0.1) is 31.6 Å². The second-order valence-corrected chi connectivity index (χ2v) is 5.39. The highest BCUT2D eigenvalue weighted by molar-refractivity contribution is 5.57. The third kappa shape index (κ3) is 2.14. The van der Waals surface area contributed by atoms with E-state index < -0.39 is 0 Å². The summed E-state index contributed by atoms with van der Waals surface area (Å²) >= 11 is 0.